The SMILES string of the molecule is CN(C(=O)c1ccc(Oc2ccccc2)cc1)c1ccc(N2CCC(N(C)C)C2)c(F)c1.[HH]. The van der Waals surface area contributed by atoms with Crippen LogP contribution in [0.15, 0.2) is 72.8 Å². The molecule has 3 aromatic rings. The fraction of sp³-hybridized carbons (Fsp3) is 0.269. The summed E-state index contributed by atoms with van der Waals surface area (Å²) in [6.45, 7) is 1.63. The number of anilines is 2. The Morgan fingerprint density at radius 2 is 1.69 bits per heavy atom. The van der Waals surface area contributed by atoms with Gasteiger partial charge < -0.3 is 19.4 Å². The Morgan fingerprint density at radius 3 is 2.31 bits per heavy atom. The molecule has 5 nitrogen and oxygen atoms in total. The Bertz CT molecular complexity index is 1080. The Kier molecular flexibility index (Phi) is 6.42. The summed E-state index contributed by atoms with van der Waals surface area (Å²) in [5.74, 6) is 0.854. The van der Waals surface area contributed by atoms with Gasteiger partial charge in [0.1, 0.15) is 17.3 Å². The summed E-state index contributed by atoms with van der Waals surface area (Å²) in [5.41, 5.74) is 1.61. The van der Waals surface area contributed by atoms with E-state index in [1.165, 1.54) is 11.0 Å². The summed E-state index contributed by atoms with van der Waals surface area (Å²) in [5, 5.41) is 0. The topological polar surface area (TPSA) is 36.0 Å². The molecule has 0 bridgehead atoms. The maximum absolute atomic E-state index is 14.9. The van der Waals surface area contributed by atoms with E-state index in [-0.39, 0.29) is 13.2 Å². The fourth-order valence-corrected chi connectivity index (χ4v) is 3.94. The summed E-state index contributed by atoms with van der Waals surface area (Å²) in [6.07, 6.45) is 1.01. The van der Waals surface area contributed by atoms with Crippen LogP contribution in [0.1, 0.15) is 18.2 Å². The molecule has 6 heteroatoms. The van der Waals surface area contributed by atoms with E-state index >= 15 is 0 Å². The Balaban J connectivity index is 0.00000306. The maximum atomic E-state index is 14.9. The number of likely N-dealkylation sites (N-methyl/N-ethyl adjacent to an activating group) is 1. The standard InChI is InChI=1S/C26H28FN3O2.H2/c1-28(2)21-15-16-30(18-21)25-14-11-20(17-24(25)27)29(3)26(31)19-9-12-23(13-10-19)32-22-7-5-4-6-8-22;/h4-14,17,21H,15-16,18H2,1-3H3;1H. The molecule has 3 aromatic carbocycles. The molecule has 1 saturated heterocycles. The van der Waals surface area contributed by atoms with Gasteiger partial charge in [0.05, 0.1) is 5.69 Å². The predicted octanol–water partition coefficient (Wildman–Crippen LogP) is 5.28. The number of hydrogen-bond acceptors (Lipinski definition) is 4. The van der Waals surface area contributed by atoms with E-state index in [0.29, 0.717) is 28.7 Å². The van der Waals surface area contributed by atoms with Crippen LogP contribution < -0.4 is 14.5 Å². The lowest BCUT2D eigenvalue weighted by Crippen LogP contribution is -2.31. The van der Waals surface area contributed by atoms with Crippen LogP contribution in [0.2, 0.25) is 0 Å². The second-order valence-electron chi connectivity index (χ2n) is 8.29. The largest absolute Gasteiger partial charge is 0.457 e. The molecule has 1 heterocycles. The number of rotatable bonds is 6. The van der Waals surface area contributed by atoms with Crippen LogP contribution in [0.3, 0.4) is 0 Å². The molecule has 168 valence electrons. The number of halogens is 1. The summed E-state index contributed by atoms with van der Waals surface area (Å²) in [4.78, 5) is 18.6. The van der Waals surface area contributed by atoms with Gasteiger partial charge in [0.2, 0.25) is 0 Å². The molecule has 0 N–H and O–H groups in total. The number of nitrogens with zero attached hydrogens (tertiary/aromatic N) is 3. The minimum Gasteiger partial charge on any atom is -0.457 e. The smallest absolute Gasteiger partial charge is 0.258 e. The number of carbonyl (C=O) groups excluding carboxylic acids is 1. The van der Waals surface area contributed by atoms with Gasteiger partial charge in [0.15, 0.2) is 0 Å². The molecule has 1 unspecified atom stereocenters. The Morgan fingerprint density at radius 1 is 1.00 bits per heavy atom. The van der Waals surface area contributed by atoms with Gasteiger partial charge in [-0.25, -0.2) is 4.39 Å². The van der Waals surface area contributed by atoms with Crippen molar-refractivity contribution < 1.29 is 15.3 Å². The highest BCUT2D eigenvalue weighted by atomic mass is 19.1. The zero-order chi connectivity index (χ0) is 22.7. The molecular formula is C26H30FN3O2. The highest BCUT2D eigenvalue weighted by molar-refractivity contribution is 6.05. The van der Waals surface area contributed by atoms with Crippen molar-refractivity contribution in [3.05, 3.63) is 84.2 Å². The summed E-state index contributed by atoms with van der Waals surface area (Å²) in [7, 11) is 5.76. The Labute approximate surface area is 190 Å². The highest BCUT2D eigenvalue weighted by Crippen LogP contribution is 2.29. The van der Waals surface area contributed by atoms with E-state index in [1.807, 2.05) is 30.3 Å². The van der Waals surface area contributed by atoms with Gasteiger partial charge in [-0.2, -0.15) is 0 Å². The van der Waals surface area contributed by atoms with E-state index in [2.05, 4.69) is 23.9 Å². The molecule has 1 aliphatic heterocycles. The molecule has 0 radical (unpaired) electrons. The molecule has 1 amide bonds. The number of carbonyl (C=O) groups is 1. The molecular weight excluding hydrogens is 405 g/mol. The van der Waals surface area contributed by atoms with Crippen molar-refractivity contribution in [2.45, 2.75) is 12.5 Å². The third-order valence-electron chi connectivity index (χ3n) is 5.94. The van der Waals surface area contributed by atoms with Gasteiger partial charge >= 0.3 is 0 Å². The van der Waals surface area contributed by atoms with Crippen LogP contribution >= 0.6 is 0 Å². The van der Waals surface area contributed by atoms with Crippen molar-refractivity contribution in [2.75, 3.05) is 44.0 Å². The van der Waals surface area contributed by atoms with E-state index in [0.717, 1.165) is 25.3 Å². The molecule has 1 fully saturated rings. The molecule has 0 saturated carbocycles. The molecule has 0 aliphatic carbocycles. The van der Waals surface area contributed by atoms with Crippen LogP contribution in [0, 0.1) is 5.82 Å². The maximum Gasteiger partial charge on any atom is 0.258 e. The predicted molar refractivity (Wildman–Crippen MR) is 129 cm³/mol. The lowest BCUT2D eigenvalue weighted by Gasteiger charge is -2.23. The average molecular weight is 436 g/mol. The molecule has 1 atom stereocenters. The lowest BCUT2D eigenvalue weighted by atomic mass is 10.1. The van der Waals surface area contributed by atoms with Crippen molar-refractivity contribution in [3.8, 4) is 11.5 Å². The second kappa shape index (κ2) is 9.40. The minimum atomic E-state index is -0.312. The zero-order valence-electron chi connectivity index (χ0n) is 18.7. The van der Waals surface area contributed by atoms with Crippen LogP contribution in [-0.2, 0) is 0 Å². The van der Waals surface area contributed by atoms with Crippen LogP contribution in [0.4, 0.5) is 15.8 Å². The first-order valence-electron chi connectivity index (χ1n) is 10.7. The Hall–Kier alpha value is -3.38. The number of para-hydroxylation sites is 1. The first-order chi connectivity index (χ1) is 15.4. The lowest BCUT2D eigenvalue weighted by molar-refractivity contribution is 0.0993. The van der Waals surface area contributed by atoms with Gasteiger partial charge in [-0.1, -0.05) is 18.2 Å². The van der Waals surface area contributed by atoms with Gasteiger partial charge in [0.25, 0.3) is 5.91 Å². The van der Waals surface area contributed by atoms with Gasteiger partial charge in [-0.3, -0.25) is 4.79 Å². The van der Waals surface area contributed by atoms with Crippen molar-refractivity contribution in [1.82, 2.24) is 4.90 Å². The van der Waals surface area contributed by atoms with Crippen LogP contribution in [0.5, 0.6) is 11.5 Å². The third-order valence-corrected chi connectivity index (χ3v) is 5.94. The first-order valence-corrected chi connectivity index (χ1v) is 10.7. The number of ether oxygens (including phenoxy) is 1. The van der Waals surface area contributed by atoms with E-state index in [1.54, 1.807) is 43.4 Å². The van der Waals surface area contributed by atoms with Crippen molar-refractivity contribution in [1.29, 1.82) is 0 Å². The number of hydrogen-bond donors (Lipinski definition) is 0. The summed E-state index contributed by atoms with van der Waals surface area (Å²) < 4.78 is 20.7. The first kappa shape index (κ1) is 21.8. The number of benzene rings is 3. The monoisotopic (exact) mass is 435 g/mol. The van der Waals surface area contributed by atoms with Gasteiger partial charge in [0, 0.05) is 38.9 Å². The molecule has 32 heavy (non-hydrogen) atoms. The molecule has 1 aliphatic rings. The number of amides is 1. The van der Waals surface area contributed by atoms with Crippen LogP contribution in [0.25, 0.3) is 0 Å². The van der Waals surface area contributed by atoms with Gasteiger partial charge in [-0.05, 0) is 75.1 Å². The van der Waals surface area contributed by atoms with E-state index < -0.39 is 0 Å². The second-order valence-corrected chi connectivity index (χ2v) is 8.29. The van der Waals surface area contributed by atoms with Crippen molar-refractivity contribution in [3.63, 3.8) is 0 Å². The fourth-order valence-electron chi connectivity index (χ4n) is 3.94. The molecule has 4 rings (SSSR count). The van der Waals surface area contributed by atoms with Crippen molar-refractivity contribution >= 4 is 17.3 Å². The third kappa shape index (κ3) is 4.75. The average Bonchev–Trinajstić information content (AvgIpc) is 3.30. The normalized spacial score (nSPS) is 15.8. The summed E-state index contributed by atoms with van der Waals surface area (Å²) >= 11 is 0. The van der Waals surface area contributed by atoms with E-state index in [9.17, 15) is 9.18 Å². The van der Waals surface area contributed by atoms with Crippen molar-refractivity contribution in [2.24, 2.45) is 0 Å². The van der Waals surface area contributed by atoms with E-state index in [4.69, 9.17) is 4.74 Å². The zero-order valence-corrected chi connectivity index (χ0v) is 18.7. The molecule has 0 aromatic heterocycles. The highest BCUT2D eigenvalue weighted by Gasteiger charge is 2.26. The van der Waals surface area contributed by atoms with Crippen LogP contribution in [-0.4, -0.2) is 51.1 Å². The quantitative estimate of drug-likeness (QED) is 0.528. The van der Waals surface area contributed by atoms with Gasteiger partial charge in [-0.15, -0.1) is 0 Å². The minimum absolute atomic E-state index is 0. The summed E-state index contributed by atoms with van der Waals surface area (Å²) in [6, 6.07) is 21.8. The molecule has 0 spiro atoms.